The molecule has 3 aromatic carbocycles. The maximum Gasteiger partial charge on any atom is 0.0661 e. The van der Waals surface area contributed by atoms with Crippen LogP contribution in [0.25, 0.3) is 11.1 Å². The van der Waals surface area contributed by atoms with Gasteiger partial charge in [-0.2, -0.15) is 0 Å². The summed E-state index contributed by atoms with van der Waals surface area (Å²) in [5.41, 5.74) is 8.98. The van der Waals surface area contributed by atoms with E-state index in [1.807, 2.05) is 44.2 Å². The van der Waals surface area contributed by atoms with Gasteiger partial charge in [0.15, 0.2) is 0 Å². The smallest absolute Gasteiger partial charge is 0.0661 e. The molecule has 29 heavy (non-hydrogen) atoms. The molecule has 0 saturated carbocycles. The Bertz CT molecular complexity index is 1060. The Hall–Kier alpha value is -3.39. The molecule has 0 fully saturated rings. The molecule has 3 rings (SSSR count). The highest BCUT2D eigenvalue weighted by atomic mass is 14.9. The van der Waals surface area contributed by atoms with E-state index in [9.17, 15) is 0 Å². The zero-order valence-corrected chi connectivity index (χ0v) is 17.6. The number of aryl methyl sites for hydroxylation is 2. The molecule has 2 nitrogen and oxygen atoms in total. The normalized spacial score (nSPS) is 12.4. The lowest BCUT2D eigenvalue weighted by molar-refractivity contribution is 1.37. The number of para-hydroxylation sites is 1. The van der Waals surface area contributed by atoms with E-state index < -0.39 is 0 Å². The summed E-state index contributed by atoms with van der Waals surface area (Å²) in [7, 11) is 0. The van der Waals surface area contributed by atoms with Crippen molar-refractivity contribution in [2.75, 3.05) is 5.32 Å². The molecule has 3 aromatic rings. The van der Waals surface area contributed by atoms with Gasteiger partial charge in [0.05, 0.1) is 5.69 Å². The lowest BCUT2D eigenvalue weighted by Crippen LogP contribution is -1.99. The molecular formula is C27H28N2. The maximum absolute atomic E-state index is 4.71. The summed E-state index contributed by atoms with van der Waals surface area (Å²) in [4.78, 5) is 4.71. The highest BCUT2D eigenvalue weighted by molar-refractivity contribution is 5.95. The van der Waals surface area contributed by atoms with Crippen LogP contribution in [0.4, 0.5) is 11.4 Å². The number of anilines is 1. The van der Waals surface area contributed by atoms with Gasteiger partial charge in [0, 0.05) is 17.1 Å². The Labute approximate surface area is 174 Å². The zero-order chi connectivity index (χ0) is 20.6. The van der Waals surface area contributed by atoms with Crippen molar-refractivity contribution in [2.45, 2.75) is 27.7 Å². The molecule has 0 bridgehead atoms. The van der Waals surface area contributed by atoms with E-state index in [1.165, 1.54) is 22.3 Å². The predicted octanol–water partition coefficient (Wildman–Crippen LogP) is 7.63. The molecule has 146 valence electrons. The molecule has 0 atom stereocenters. The first-order chi connectivity index (χ1) is 14.1. The number of rotatable bonds is 6. The van der Waals surface area contributed by atoms with Gasteiger partial charge in [-0.3, -0.25) is 4.99 Å². The SMILES string of the molecule is C\C=C(/C=C\C(C)=N\c1ccccc1C)Nc1ccc(-c2ccccc2)cc1C. The molecule has 0 aromatic heterocycles. The minimum atomic E-state index is 0.969. The highest BCUT2D eigenvalue weighted by Gasteiger charge is 2.03. The largest absolute Gasteiger partial charge is 0.356 e. The molecular weight excluding hydrogens is 352 g/mol. The van der Waals surface area contributed by atoms with Gasteiger partial charge in [-0.15, -0.1) is 0 Å². The van der Waals surface area contributed by atoms with Gasteiger partial charge in [0.2, 0.25) is 0 Å². The number of hydrogen-bond acceptors (Lipinski definition) is 2. The average Bonchev–Trinajstić information content (AvgIpc) is 2.74. The molecule has 2 heteroatoms. The molecule has 0 amide bonds. The number of nitrogens with zero attached hydrogens (tertiary/aromatic N) is 1. The van der Waals surface area contributed by atoms with Crippen molar-refractivity contribution < 1.29 is 0 Å². The summed E-state index contributed by atoms with van der Waals surface area (Å²) in [5, 5.41) is 3.53. The second-order valence-electron chi connectivity index (χ2n) is 7.14. The van der Waals surface area contributed by atoms with E-state index >= 15 is 0 Å². The Morgan fingerprint density at radius 2 is 1.52 bits per heavy atom. The van der Waals surface area contributed by atoms with Gasteiger partial charge >= 0.3 is 0 Å². The molecule has 0 aliphatic carbocycles. The molecule has 0 aliphatic heterocycles. The van der Waals surface area contributed by atoms with Crippen LogP contribution in [0.1, 0.15) is 25.0 Å². The first-order valence-electron chi connectivity index (χ1n) is 9.95. The highest BCUT2D eigenvalue weighted by Crippen LogP contribution is 2.25. The fourth-order valence-corrected chi connectivity index (χ4v) is 3.11. The number of allylic oxidation sites excluding steroid dienone is 3. The molecule has 0 saturated heterocycles. The molecule has 0 heterocycles. The Morgan fingerprint density at radius 1 is 0.793 bits per heavy atom. The number of nitrogens with one attached hydrogen (secondary N) is 1. The van der Waals surface area contributed by atoms with Crippen LogP contribution in [-0.2, 0) is 0 Å². The van der Waals surface area contributed by atoms with Gasteiger partial charge in [0.25, 0.3) is 0 Å². The van der Waals surface area contributed by atoms with E-state index in [-0.39, 0.29) is 0 Å². The van der Waals surface area contributed by atoms with Crippen molar-refractivity contribution in [3.05, 3.63) is 108 Å². The second kappa shape index (κ2) is 9.70. The summed E-state index contributed by atoms with van der Waals surface area (Å²) in [6, 6.07) is 25.2. The van der Waals surface area contributed by atoms with Crippen LogP contribution >= 0.6 is 0 Å². The standard InChI is InChI=1S/C27H28N2/c1-5-25(17-15-22(4)28-26-14-10-9-11-20(26)2)29-27-18-16-24(19-21(27)3)23-12-7-6-8-13-23/h5-19,29H,1-4H3/b17-15-,25-5+,28-22+. The minimum absolute atomic E-state index is 0.969. The average molecular weight is 381 g/mol. The third kappa shape index (κ3) is 5.55. The monoisotopic (exact) mass is 380 g/mol. The van der Waals surface area contributed by atoms with Crippen LogP contribution in [0.3, 0.4) is 0 Å². The maximum atomic E-state index is 4.71. The molecule has 0 unspecified atom stereocenters. The van der Waals surface area contributed by atoms with Crippen molar-refractivity contribution in [3.8, 4) is 11.1 Å². The Morgan fingerprint density at radius 3 is 2.21 bits per heavy atom. The Balaban J connectivity index is 1.73. The second-order valence-corrected chi connectivity index (χ2v) is 7.14. The van der Waals surface area contributed by atoms with E-state index in [0.29, 0.717) is 0 Å². The topological polar surface area (TPSA) is 24.4 Å². The first kappa shape index (κ1) is 20.3. The fourth-order valence-electron chi connectivity index (χ4n) is 3.11. The number of benzene rings is 3. The van der Waals surface area contributed by atoms with E-state index in [4.69, 9.17) is 4.99 Å². The predicted molar refractivity (Wildman–Crippen MR) is 127 cm³/mol. The van der Waals surface area contributed by atoms with Crippen molar-refractivity contribution in [1.82, 2.24) is 0 Å². The van der Waals surface area contributed by atoms with E-state index in [1.54, 1.807) is 0 Å². The van der Waals surface area contributed by atoms with Crippen LogP contribution in [0, 0.1) is 13.8 Å². The third-order valence-corrected chi connectivity index (χ3v) is 4.84. The number of aliphatic imine (C=N–C) groups is 1. The molecule has 0 radical (unpaired) electrons. The van der Waals surface area contributed by atoms with Crippen LogP contribution in [0.15, 0.2) is 102 Å². The minimum Gasteiger partial charge on any atom is -0.356 e. The summed E-state index contributed by atoms with van der Waals surface area (Å²) in [5.74, 6) is 0. The fraction of sp³-hybridized carbons (Fsp3) is 0.148. The summed E-state index contributed by atoms with van der Waals surface area (Å²) < 4.78 is 0. The Kier molecular flexibility index (Phi) is 6.80. The van der Waals surface area contributed by atoms with Crippen molar-refractivity contribution in [2.24, 2.45) is 4.99 Å². The van der Waals surface area contributed by atoms with Crippen LogP contribution < -0.4 is 5.32 Å². The van der Waals surface area contributed by atoms with Gasteiger partial charge in [0.1, 0.15) is 0 Å². The van der Waals surface area contributed by atoms with Gasteiger partial charge in [-0.05, 0) is 80.3 Å². The number of hydrogen-bond donors (Lipinski definition) is 1. The molecule has 0 aliphatic rings. The van der Waals surface area contributed by atoms with Crippen LogP contribution in [-0.4, -0.2) is 5.71 Å². The lowest BCUT2D eigenvalue weighted by Gasteiger charge is -2.12. The van der Waals surface area contributed by atoms with Crippen LogP contribution in [0.5, 0.6) is 0 Å². The van der Waals surface area contributed by atoms with E-state index in [0.717, 1.165) is 22.8 Å². The summed E-state index contributed by atoms with van der Waals surface area (Å²) >= 11 is 0. The van der Waals surface area contributed by atoms with Crippen molar-refractivity contribution >= 4 is 17.1 Å². The van der Waals surface area contributed by atoms with E-state index in [2.05, 4.69) is 79.8 Å². The van der Waals surface area contributed by atoms with Gasteiger partial charge < -0.3 is 5.32 Å². The van der Waals surface area contributed by atoms with Gasteiger partial charge in [-0.1, -0.05) is 60.7 Å². The third-order valence-electron chi connectivity index (χ3n) is 4.84. The van der Waals surface area contributed by atoms with Crippen LogP contribution in [0.2, 0.25) is 0 Å². The van der Waals surface area contributed by atoms with Crippen molar-refractivity contribution in [3.63, 3.8) is 0 Å². The van der Waals surface area contributed by atoms with Crippen molar-refractivity contribution in [1.29, 1.82) is 0 Å². The molecule has 0 spiro atoms. The summed E-state index contributed by atoms with van der Waals surface area (Å²) in [6.45, 7) is 8.28. The zero-order valence-electron chi connectivity index (χ0n) is 17.6. The first-order valence-corrected chi connectivity index (χ1v) is 9.95. The quantitative estimate of drug-likeness (QED) is 0.345. The summed E-state index contributed by atoms with van der Waals surface area (Å²) in [6.07, 6.45) is 6.19. The molecule has 1 N–H and O–H groups in total. The lowest BCUT2D eigenvalue weighted by atomic mass is 10.0. The van der Waals surface area contributed by atoms with Gasteiger partial charge in [-0.25, -0.2) is 0 Å².